The van der Waals surface area contributed by atoms with Crippen molar-refractivity contribution in [3.8, 4) is 0 Å². The van der Waals surface area contributed by atoms with Gasteiger partial charge >= 0.3 is 0 Å². The monoisotopic (exact) mass is 244 g/mol. The average molecular weight is 244 g/mol. The van der Waals surface area contributed by atoms with Crippen LogP contribution in [-0.2, 0) is 0 Å². The van der Waals surface area contributed by atoms with Crippen LogP contribution in [0.2, 0.25) is 0 Å². The van der Waals surface area contributed by atoms with Gasteiger partial charge in [0.15, 0.2) is 0 Å². The number of fused-ring (bicyclic) bond motifs is 1. The van der Waals surface area contributed by atoms with Crippen LogP contribution in [0, 0.1) is 0 Å². The summed E-state index contributed by atoms with van der Waals surface area (Å²) in [6, 6.07) is -0.307. The Morgan fingerprint density at radius 2 is 1.76 bits per heavy atom. The smallest absolute Gasteiger partial charge is 0.0994 e. The number of hydrogen-bond donors (Lipinski definition) is 3. The minimum absolute atomic E-state index is 0.0263. The van der Waals surface area contributed by atoms with Gasteiger partial charge in [0.2, 0.25) is 0 Å². The van der Waals surface area contributed by atoms with Crippen LogP contribution >= 0.6 is 0 Å². The van der Waals surface area contributed by atoms with Gasteiger partial charge in [-0.2, -0.15) is 0 Å². The Morgan fingerprint density at radius 1 is 1.12 bits per heavy atom. The van der Waals surface area contributed by atoms with Crippen molar-refractivity contribution in [3.63, 3.8) is 0 Å². The largest absolute Gasteiger partial charge is 0.391 e. The van der Waals surface area contributed by atoms with E-state index in [4.69, 9.17) is 0 Å². The third kappa shape index (κ3) is 2.22. The Bertz CT molecular complexity index is 260. The highest BCUT2D eigenvalue weighted by Crippen LogP contribution is 2.30. The molecule has 2 saturated heterocycles. The van der Waals surface area contributed by atoms with Gasteiger partial charge in [0.1, 0.15) is 0 Å². The Morgan fingerprint density at radius 3 is 2.35 bits per heavy atom. The summed E-state index contributed by atoms with van der Waals surface area (Å²) < 4.78 is 0. The zero-order chi connectivity index (χ0) is 12.6. The molecule has 0 amide bonds. The van der Waals surface area contributed by atoms with Crippen molar-refractivity contribution >= 4 is 0 Å². The van der Waals surface area contributed by atoms with Crippen molar-refractivity contribution in [2.45, 2.75) is 50.7 Å². The second-order valence-corrected chi connectivity index (χ2v) is 5.11. The fraction of sp³-hybridized carbons (Fsp3) is 1.00. The summed E-state index contributed by atoms with van der Waals surface area (Å²) in [7, 11) is 0. The third-order valence-electron chi connectivity index (χ3n) is 4.32. The van der Waals surface area contributed by atoms with E-state index in [2.05, 4.69) is 23.6 Å². The predicted molar refractivity (Wildman–Crippen MR) is 64.7 cm³/mol. The van der Waals surface area contributed by atoms with E-state index in [9.17, 15) is 15.3 Å². The van der Waals surface area contributed by atoms with Gasteiger partial charge in [-0.3, -0.25) is 9.80 Å². The predicted octanol–water partition coefficient (Wildman–Crippen LogP) is -1.13. The van der Waals surface area contributed by atoms with Crippen molar-refractivity contribution in [1.82, 2.24) is 9.80 Å². The maximum Gasteiger partial charge on any atom is 0.0994 e. The molecular weight excluding hydrogens is 220 g/mol. The van der Waals surface area contributed by atoms with E-state index in [-0.39, 0.29) is 12.1 Å². The minimum Gasteiger partial charge on any atom is -0.391 e. The number of hydrogen-bond acceptors (Lipinski definition) is 5. The van der Waals surface area contributed by atoms with Gasteiger partial charge in [0, 0.05) is 13.1 Å². The van der Waals surface area contributed by atoms with Crippen LogP contribution in [0.4, 0.5) is 0 Å². The van der Waals surface area contributed by atoms with Gasteiger partial charge in [0.25, 0.3) is 0 Å². The Hall–Kier alpha value is -0.200. The topological polar surface area (TPSA) is 67.2 Å². The first kappa shape index (κ1) is 13.2. The van der Waals surface area contributed by atoms with Gasteiger partial charge in [-0.15, -0.1) is 0 Å². The van der Waals surface area contributed by atoms with Crippen molar-refractivity contribution in [3.05, 3.63) is 0 Å². The van der Waals surface area contributed by atoms with Crippen molar-refractivity contribution in [2.24, 2.45) is 0 Å². The SMILES string of the molecule is CCN(CC)[C@H]1CN2CC[C@H](O)[C@@H]2[C@@H](O)[C@@H]1O. The lowest BCUT2D eigenvalue weighted by atomic mass is 9.90. The van der Waals surface area contributed by atoms with Crippen LogP contribution in [0.15, 0.2) is 0 Å². The van der Waals surface area contributed by atoms with Gasteiger partial charge in [-0.1, -0.05) is 13.8 Å². The van der Waals surface area contributed by atoms with Crippen molar-refractivity contribution in [2.75, 3.05) is 26.2 Å². The second-order valence-electron chi connectivity index (χ2n) is 5.11. The molecule has 3 N–H and O–H groups in total. The molecule has 0 aromatic heterocycles. The maximum absolute atomic E-state index is 10.2. The van der Waals surface area contributed by atoms with Crippen LogP contribution in [0.3, 0.4) is 0 Å². The molecule has 0 bridgehead atoms. The summed E-state index contributed by atoms with van der Waals surface area (Å²) in [6.07, 6.45) is -1.41. The molecule has 0 saturated carbocycles. The zero-order valence-electron chi connectivity index (χ0n) is 10.7. The zero-order valence-corrected chi connectivity index (χ0v) is 10.7. The molecule has 2 aliphatic rings. The lowest BCUT2D eigenvalue weighted by Crippen LogP contribution is -2.65. The molecule has 2 fully saturated rings. The number of aliphatic hydroxyl groups is 3. The lowest BCUT2D eigenvalue weighted by Gasteiger charge is -2.46. The Balaban J connectivity index is 2.12. The van der Waals surface area contributed by atoms with Gasteiger partial charge in [0.05, 0.1) is 30.4 Å². The molecule has 0 spiro atoms. The average Bonchev–Trinajstić information content (AvgIpc) is 2.68. The van der Waals surface area contributed by atoms with Crippen molar-refractivity contribution in [1.29, 1.82) is 0 Å². The first-order valence-corrected chi connectivity index (χ1v) is 6.62. The fourth-order valence-electron chi connectivity index (χ4n) is 3.32. The Kier molecular flexibility index (Phi) is 4.05. The maximum atomic E-state index is 10.2. The molecule has 2 aliphatic heterocycles. The van der Waals surface area contributed by atoms with Crippen LogP contribution in [0.5, 0.6) is 0 Å². The molecule has 2 heterocycles. The van der Waals surface area contributed by atoms with Crippen LogP contribution in [-0.4, -0.2) is 81.7 Å². The van der Waals surface area contributed by atoms with Crippen LogP contribution in [0.1, 0.15) is 20.3 Å². The number of nitrogens with zero attached hydrogens (tertiary/aromatic N) is 2. The number of piperidine rings is 1. The van der Waals surface area contributed by atoms with Crippen LogP contribution < -0.4 is 0 Å². The molecule has 5 atom stereocenters. The molecule has 0 aromatic rings. The van der Waals surface area contributed by atoms with E-state index in [1.54, 1.807) is 0 Å². The molecule has 100 valence electrons. The molecule has 17 heavy (non-hydrogen) atoms. The van der Waals surface area contributed by atoms with E-state index >= 15 is 0 Å². The molecule has 5 heteroatoms. The first-order valence-electron chi connectivity index (χ1n) is 6.62. The summed E-state index contributed by atoms with van der Waals surface area (Å²) in [5.41, 5.74) is 0. The van der Waals surface area contributed by atoms with Gasteiger partial charge in [-0.05, 0) is 19.5 Å². The summed E-state index contributed by atoms with van der Waals surface area (Å²) in [4.78, 5) is 4.29. The minimum atomic E-state index is -0.841. The summed E-state index contributed by atoms with van der Waals surface area (Å²) >= 11 is 0. The molecule has 5 nitrogen and oxygen atoms in total. The lowest BCUT2D eigenvalue weighted by molar-refractivity contribution is -0.124. The van der Waals surface area contributed by atoms with E-state index in [0.29, 0.717) is 6.42 Å². The Labute approximate surface area is 103 Å². The number of aliphatic hydroxyl groups excluding tert-OH is 3. The van der Waals surface area contributed by atoms with Gasteiger partial charge in [-0.25, -0.2) is 0 Å². The quantitative estimate of drug-likeness (QED) is 0.586. The molecular formula is C12H24N2O3. The van der Waals surface area contributed by atoms with E-state index in [1.165, 1.54) is 0 Å². The summed E-state index contributed by atoms with van der Waals surface area (Å²) in [5.74, 6) is 0. The fourth-order valence-corrected chi connectivity index (χ4v) is 3.32. The van der Waals surface area contributed by atoms with E-state index < -0.39 is 18.3 Å². The van der Waals surface area contributed by atoms with E-state index in [0.717, 1.165) is 26.2 Å². The highest BCUT2D eigenvalue weighted by molar-refractivity contribution is 5.04. The number of rotatable bonds is 3. The highest BCUT2D eigenvalue weighted by Gasteiger charge is 2.48. The first-order chi connectivity index (χ1) is 8.10. The molecule has 0 radical (unpaired) electrons. The highest BCUT2D eigenvalue weighted by atomic mass is 16.3. The molecule has 0 aliphatic carbocycles. The summed E-state index contributed by atoms with van der Waals surface area (Å²) in [5, 5.41) is 30.2. The van der Waals surface area contributed by atoms with E-state index in [1.807, 2.05) is 0 Å². The van der Waals surface area contributed by atoms with Crippen molar-refractivity contribution < 1.29 is 15.3 Å². The second kappa shape index (κ2) is 5.20. The molecule has 0 aromatic carbocycles. The standard InChI is InChI=1S/C12H24N2O3/c1-3-13(4-2)8-7-14-6-5-9(15)10(14)12(17)11(8)16/h8-12,15-17H,3-7H2,1-2H3/t8-,9-,10+,11+,12+/m0/s1. The van der Waals surface area contributed by atoms with Gasteiger partial charge < -0.3 is 15.3 Å². The molecule has 0 unspecified atom stereocenters. The molecule has 2 rings (SSSR count). The normalized spacial score (nSPS) is 43.1. The third-order valence-corrected chi connectivity index (χ3v) is 4.32. The number of likely N-dealkylation sites (N-methyl/N-ethyl adjacent to an activating group) is 1. The van der Waals surface area contributed by atoms with Crippen LogP contribution in [0.25, 0.3) is 0 Å². The summed E-state index contributed by atoms with van der Waals surface area (Å²) in [6.45, 7) is 7.41.